The molecule has 0 unspecified atom stereocenters. The van der Waals surface area contributed by atoms with E-state index >= 15 is 0 Å². The van der Waals surface area contributed by atoms with Crippen LogP contribution in [-0.2, 0) is 6.54 Å². The molecule has 1 aliphatic rings. The van der Waals surface area contributed by atoms with Crippen molar-refractivity contribution in [3.8, 4) is 0 Å². The Balaban J connectivity index is 1.95. The van der Waals surface area contributed by atoms with Crippen LogP contribution in [0.3, 0.4) is 0 Å². The van der Waals surface area contributed by atoms with Crippen molar-refractivity contribution in [3.63, 3.8) is 0 Å². The highest BCUT2D eigenvalue weighted by Crippen LogP contribution is 2.34. The van der Waals surface area contributed by atoms with Crippen LogP contribution in [0, 0.1) is 12.8 Å². The molecular weight excluding hydrogens is 429 g/mol. The van der Waals surface area contributed by atoms with Crippen LogP contribution >= 0.6 is 11.8 Å². The molecule has 0 radical (unpaired) electrons. The lowest BCUT2D eigenvalue weighted by atomic mass is 10.0. The Hall–Kier alpha value is -2.47. The quantitative estimate of drug-likeness (QED) is 0.250. The SMILES string of the molecule is Cc1ccc(SC(=NC2=CC=C(C(F)(F)F)CC2)N(Cc2ccccc2)CC(C)C)cc1. The average molecular weight is 459 g/mol. The molecule has 170 valence electrons. The van der Waals surface area contributed by atoms with Gasteiger partial charge < -0.3 is 4.90 Å². The standard InChI is InChI=1S/C26H29F3N2S/c1-19(2)17-31(18-21-7-5-4-6-8-21)25(32-24-15-9-20(3)10-16-24)30-23-13-11-22(12-14-23)26(27,28)29/h4-11,13,15-16,19H,12,14,17-18H2,1-3H3. The number of hydrogen-bond acceptors (Lipinski definition) is 2. The van der Waals surface area contributed by atoms with Crippen molar-refractivity contribution in [2.75, 3.05) is 6.54 Å². The van der Waals surface area contributed by atoms with Gasteiger partial charge in [0.15, 0.2) is 5.17 Å². The molecule has 1 aliphatic carbocycles. The lowest BCUT2D eigenvalue weighted by Gasteiger charge is -2.28. The maximum atomic E-state index is 13.0. The summed E-state index contributed by atoms with van der Waals surface area (Å²) < 4.78 is 39.1. The summed E-state index contributed by atoms with van der Waals surface area (Å²) in [6, 6.07) is 18.4. The van der Waals surface area contributed by atoms with Gasteiger partial charge in [-0.2, -0.15) is 13.2 Å². The number of aliphatic imine (C=N–C) groups is 1. The van der Waals surface area contributed by atoms with Gasteiger partial charge >= 0.3 is 6.18 Å². The molecule has 0 atom stereocenters. The summed E-state index contributed by atoms with van der Waals surface area (Å²) in [4.78, 5) is 8.16. The highest BCUT2D eigenvalue weighted by Gasteiger charge is 2.33. The number of halogens is 3. The van der Waals surface area contributed by atoms with Crippen LogP contribution in [0.15, 0.2) is 87.9 Å². The Labute approximate surface area is 192 Å². The summed E-state index contributed by atoms with van der Waals surface area (Å²) >= 11 is 1.56. The molecule has 0 heterocycles. The van der Waals surface area contributed by atoms with Gasteiger partial charge in [-0.1, -0.05) is 79.7 Å². The van der Waals surface area contributed by atoms with Gasteiger partial charge in [-0.25, -0.2) is 4.99 Å². The van der Waals surface area contributed by atoms with Gasteiger partial charge in [-0.05, 0) is 49.5 Å². The van der Waals surface area contributed by atoms with Gasteiger partial charge in [0.05, 0.1) is 0 Å². The molecule has 0 aromatic heterocycles. The monoisotopic (exact) mass is 458 g/mol. The zero-order chi connectivity index (χ0) is 23.1. The maximum absolute atomic E-state index is 13.0. The third kappa shape index (κ3) is 7.30. The van der Waals surface area contributed by atoms with Gasteiger partial charge in [0, 0.05) is 29.3 Å². The number of nitrogens with zero attached hydrogens (tertiary/aromatic N) is 2. The molecular formula is C26H29F3N2S. The van der Waals surface area contributed by atoms with Crippen LogP contribution in [0.2, 0.25) is 0 Å². The minimum Gasteiger partial charge on any atom is -0.346 e. The van der Waals surface area contributed by atoms with Crippen molar-refractivity contribution in [2.24, 2.45) is 10.9 Å². The van der Waals surface area contributed by atoms with E-state index in [9.17, 15) is 13.2 Å². The van der Waals surface area contributed by atoms with Gasteiger partial charge in [0.25, 0.3) is 0 Å². The molecule has 32 heavy (non-hydrogen) atoms. The van der Waals surface area contributed by atoms with Gasteiger partial charge in [0.2, 0.25) is 0 Å². The molecule has 0 saturated carbocycles. The molecule has 6 heteroatoms. The van der Waals surface area contributed by atoms with E-state index in [4.69, 9.17) is 4.99 Å². The summed E-state index contributed by atoms with van der Waals surface area (Å²) in [5.74, 6) is 0.402. The highest BCUT2D eigenvalue weighted by atomic mass is 32.2. The fourth-order valence-corrected chi connectivity index (χ4v) is 4.32. The molecule has 3 rings (SSSR count). The maximum Gasteiger partial charge on any atom is 0.412 e. The third-order valence-electron chi connectivity index (χ3n) is 5.03. The van der Waals surface area contributed by atoms with Crippen molar-refractivity contribution in [3.05, 3.63) is 89.1 Å². The Morgan fingerprint density at radius 2 is 1.69 bits per heavy atom. The Bertz CT molecular complexity index is 974. The van der Waals surface area contributed by atoms with Crippen molar-refractivity contribution in [1.82, 2.24) is 4.90 Å². The largest absolute Gasteiger partial charge is 0.412 e. The summed E-state index contributed by atoms with van der Waals surface area (Å²) in [6.07, 6.45) is -1.35. The first-order valence-corrected chi connectivity index (χ1v) is 11.6. The van der Waals surface area contributed by atoms with E-state index in [2.05, 4.69) is 55.1 Å². The molecule has 0 saturated heterocycles. The smallest absolute Gasteiger partial charge is 0.346 e. The second-order valence-electron chi connectivity index (χ2n) is 8.42. The molecule has 2 nitrogen and oxygen atoms in total. The molecule has 0 amide bonds. The van der Waals surface area contributed by atoms with Crippen LogP contribution < -0.4 is 0 Å². The zero-order valence-electron chi connectivity index (χ0n) is 18.7. The van der Waals surface area contributed by atoms with Crippen LogP contribution in [0.5, 0.6) is 0 Å². The highest BCUT2D eigenvalue weighted by molar-refractivity contribution is 8.13. The third-order valence-corrected chi connectivity index (χ3v) is 6.07. The predicted molar refractivity (Wildman–Crippen MR) is 128 cm³/mol. The topological polar surface area (TPSA) is 15.6 Å². The fourth-order valence-electron chi connectivity index (χ4n) is 3.40. The van der Waals surface area contributed by atoms with Crippen LogP contribution in [0.25, 0.3) is 0 Å². The lowest BCUT2D eigenvalue weighted by Crippen LogP contribution is -2.32. The van der Waals surface area contributed by atoms with Crippen LogP contribution in [-0.4, -0.2) is 22.8 Å². The summed E-state index contributed by atoms with van der Waals surface area (Å²) in [5, 5.41) is 0.807. The number of rotatable bonds is 6. The average Bonchev–Trinajstić information content (AvgIpc) is 2.74. The number of hydrogen-bond donors (Lipinski definition) is 0. The molecule has 0 N–H and O–H groups in total. The Morgan fingerprint density at radius 3 is 2.25 bits per heavy atom. The summed E-state index contributed by atoms with van der Waals surface area (Å²) in [7, 11) is 0. The fraction of sp³-hybridized carbons (Fsp3) is 0.346. The zero-order valence-corrected chi connectivity index (χ0v) is 19.5. The molecule has 0 bridgehead atoms. The Morgan fingerprint density at radius 1 is 1.00 bits per heavy atom. The first-order valence-electron chi connectivity index (χ1n) is 10.8. The minimum atomic E-state index is -4.28. The van der Waals surface area contributed by atoms with Gasteiger partial charge in [-0.15, -0.1) is 0 Å². The van der Waals surface area contributed by atoms with E-state index in [-0.39, 0.29) is 12.8 Å². The first-order chi connectivity index (χ1) is 15.2. The van der Waals surface area contributed by atoms with Gasteiger partial charge in [0.1, 0.15) is 0 Å². The van der Waals surface area contributed by atoms with E-state index in [0.29, 0.717) is 18.2 Å². The van der Waals surface area contributed by atoms with Crippen LogP contribution in [0.4, 0.5) is 13.2 Å². The normalized spacial score (nSPS) is 14.9. The number of aryl methyl sites for hydroxylation is 1. The van der Waals surface area contributed by atoms with E-state index in [0.717, 1.165) is 16.6 Å². The van der Waals surface area contributed by atoms with Crippen molar-refractivity contribution in [1.29, 1.82) is 0 Å². The number of allylic oxidation sites excluding steroid dienone is 4. The lowest BCUT2D eigenvalue weighted by molar-refractivity contribution is -0.0941. The Kier molecular flexibility index (Phi) is 8.24. The second-order valence-corrected chi connectivity index (χ2v) is 9.46. The first kappa shape index (κ1) is 24.2. The van der Waals surface area contributed by atoms with Crippen molar-refractivity contribution < 1.29 is 13.2 Å². The molecule has 0 fully saturated rings. The number of alkyl halides is 3. The van der Waals surface area contributed by atoms with E-state index in [1.54, 1.807) is 11.8 Å². The second kappa shape index (κ2) is 10.9. The predicted octanol–water partition coefficient (Wildman–Crippen LogP) is 7.77. The van der Waals surface area contributed by atoms with Gasteiger partial charge in [-0.3, -0.25) is 0 Å². The molecule has 2 aromatic rings. The van der Waals surface area contributed by atoms with E-state index in [1.165, 1.54) is 23.3 Å². The minimum absolute atomic E-state index is 0.0375. The number of benzene rings is 2. The van der Waals surface area contributed by atoms with Crippen LogP contribution in [0.1, 0.15) is 37.8 Å². The number of thioether (sulfide) groups is 1. The van der Waals surface area contributed by atoms with E-state index in [1.807, 2.05) is 25.1 Å². The van der Waals surface area contributed by atoms with Crippen molar-refractivity contribution in [2.45, 2.75) is 51.2 Å². The molecule has 2 aromatic carbocycles. The summed E-state index contributed by atoms with van der Waals surface area (Å²) in [5.41, 5.74) is 2.53. The van der Waals surface area contributed by atoms with Crippen molar-refractivity contribution >= 4 is 16.9 Å². The van der Waals surface area contributed by atoms with E-state index < -0.39 is 11.7 Å². The number of amidine groups is 1. The summed E-state index contributed by atoms with van der Waals surface area (Å²) in [6.45, 7) is 7.84. The molecule has 0 aliphatic heterocycles. The molecule has 0 spiro atoms.